The molecule has 0 spiro atoms. The number of benzene rings is 1. The lowest BCUT2D eigenvalue weighted by molar-refractivity contribution is 0.234. The Morgan fingerprint density at radius 1 is 1.18 bits per heavy atom. The molecule has 2 rings (SSSR count). The van der Waals surface area contributed by atoms with Gasteiger partial charge in [-0.25, -0.2) is 8.42 Å². The number of hydrogen-bond acceptors (Lipinski definition) is 2. The molecule has 0 bridgehead atoms. The molecule has 0 radical (unpaired) electrons. The molecule has 1 heterocycles. The second-order valence-electron chi connectivity index (χ2n) is 5.86. The molecule has 17 heavy (non-hydrogen) atoms. The predicted molar refractivity (Wildman–Crippen MR) is 69.9 cm³/mol. The minimum atomic E-state index is -3.15. The van der Waals surface area contributed by atoms with Crippen LogP contribution in [0, 0.1) is 11.3 Å². The molecule has 94 valence electrons. The zero-order chi connectivity index (χ0) is 12.8. The van der Waals surface area contributed by atoms with Gasteiger partial charge in [-0.3, -0.25) is 0 Å². The average Bonchev–Trinajstić information content (AvgIpc) is 2.29. The van der Waals surface area contributed by atoms with Gasteiger partial charge in [-0.05, 0) is 28.9 Å². The van der Waals surface area contributed by atoms with Crippen molar-refractivity contribution in [1.82, 2.24) is 0 Å². The van der Waals surface area contributed by atoms with Crippen molar-refractivity contribution in [3.63, 3.8) is 0 Å². The number of fused-ring (bicyclic) bond motifs is 1. The van der Waals surface area contributed by atoms with Crippen LogP contribution in [0.3, 0.4) is 0 Å². The highest BCUT2D eigenvalue weighted by molar-refractivity contribution is 7.91. The average molecular weight is 252 g/mol. The van der Waals surface area contributed by atoms with Crippen LogP contribution in [0.2, 0.25) is 0 Å². The summed E-state index contributed by atoms with van der Waals surface area (Å²) in [6, 6.07) is 7.44. The van der Waals surface area contributed by atoms with E-state index in [-0.39, 0.29) is 17.1 Å². The Kier molecular flexibility index (Phi) is 2.85. The van der Waals surface area contributed by atoms with Crippen molar-refractivity contribution >= 4 is 9.84 Å². The van der Waals surface area contributed by atoms with Crippen LogP contribution in [0.25, 0.3) is 0 Å². The predicted octanol–water partition coefficient (Wildman–Crippen LogP) is 3.24. The van der Waals surface area contributed by atoms with E-state index in [1.165, 1.54) is 0 Å². The normalized spacial score (nSPS) is 30.4. The Hall–Kier alpha value is -0.830. The van der Waals surface area contributed by atoms with Crippen molar-refractivity contribution < 1.29 is 8.42 Å². The van der Waals surface area contributed by atoms with Crippen molar-refractivity contribution in [3.05, 3.63) is 29.8 Å². The standard InChI is InChI=1S/C14H20O2S/c1-10-11(2)14(3,4)9-17(15,16)13-8-6-5-7-12(10)13/h5-8,10-11H,9H2,1-4H3/t10-,11-/m0/s1. The number of hydrogen-bond donors (Lipinski definition) is 0. The van der Waals surface area contributed by atoms with Crippen LogP contribution in [0.15, 0.2) is 29.2 Å². The van der Waals surface area contributed by atoms with Gasteiger partial charge in [-0.2, -0.15) is 0 Å². The van der Waals surface area contributed by atoms with Gasteiger partial charge >= 0.3 is 0 Å². The van der Waals surface area contributed by atoms with Gasteiger partial charge in [0.05, 0.1) is 10.6 Å². The first-order chi connectivity index (χ1) is 7.76. The zero-order valence-corrected chi connectivity index (χ0v) is 11.7. The Balaban J connectivity index is 2.70. The molecule has 0 fully saturated rings. The van der Waals surface area contributed by atoms with Gasteiger partial charge in [0.25, 0.3) is 0 Å². The zero-order valence-electron chi connectivity index (χ0n) is 10.9. The van der Waals surface area contributed by atoms with Crippen LogP contribution in [0.4, 0.5) is 0 Å². The molecule has 2 atom stereocenters. The highest BCUT2D eigenvalue weighted by atomic mass is 32.2. The van der Waals surface area contributed by atoms with Gasteiger partial charge in [-0.1, -0.05) is 45.9 Å². The second-order valence-corrected chi connectivity index (χ2v) is 7.82. The maximum absolute atomic E-state index is 12.4. The minimum absolute atomic E-state index is 0.183. The Morgan fingerprint density at radius 3 is 2.41 bits per heavy atom. The Morgan fingerprint density at radius 2 is 1.76 bits per heavy atom. The summed E-state index contributed by atoms with van der Waals surface area (Å²) >= 11 is 0. The fourth-order valence-electron chi connectivity index (χ4n) is 2.78. The molecule has 1 aliphatic rings. The fourth-order valence-corrected chi connectivity index (χ4v) is 5.08. The third-order valence-electron chi connectivity index (χ3n) is 4.29. The van der Waals surface area contributed by atoms with E-state index in [2.05, 4.69) is 27.7 Å². The number of rotatable bonds is 0. The van der Waals surface area contributed by atoms with Gasteiger partial charge in [-0.15, -0.1) is 0 Å². The van der Waals surface area contributed by atoms with Crippen LogP contribution in [-0.2, 0) is 9.84 Å². The van der Waals surface area contributed by atoms with Crippen LogP contribution in [0.5, 0.6) is 0 Å². The lowest BCUT2D eigenvalue weighted by atomic mass is 9.73. The lowest BCUT2D eigenvalue weighted by Crippen LogP contribution is -2.30. The van der Waals surface area contributed by atoms with E-state index in [0.29, 0.717) is 10.8 Å². The molecule has 0 aliphatic carbocycles. The molecule has 0 amide bonds. The van der Waals surface area contributed by atoms with Gasteiger partial charge in [0.15, 0.2) is 9.84 Å². The number of sulfone groups is 1. The summed E-state index contributed by atoms with van der Waals surface area (Å²) in [7, 11) is -3.15. The summed E-state index contributed by atoms with van der Waals surface area (Å²) in [5, 5.41) is 0. The third kappa shape index (κ3) is 2.01. The van der Waals surface area contributed by atoms with Gasteiger partial charge < -0.3 is 0 Å². The molecule has 0 N–H and O–H groups in total. The lowest BCUT2D eigenvalue weighted by Gasteiger charge is -2.32. The second kappa shape index (κ2) is 3.84. The Bertz CT molecular complexity index is 529. The fraction of sp³-hybridized carbons (Fsp3) is 0.571. The molecular weight excluding hydrogens is 232 g/mol. The minimum Gasteiger partial charge on any atom is -0.224 e. The van der Waals surface area contributed by atoms with Crippen molar-refractivity contribution in [1.29, 1.82) is 0 Å². The van der Waals surface area contributed by atoms with Crippen LogP contribution < -0.4 is 0 Å². The Labute approximate surface area is 104 Å². The first-order valence-corrected chi connectivity index (χ1v) is 7.72. The molecule has 0 saturated heterocycles. The van der Waals surface area contributed by atoms with E-state index in [9.17, 15) is 8.42 Å². The molecule has 0 aromatic heterocycles. The van der Waals surface area contributed by atoms with Crippen molar-refractivity contribution in [2.75, 3.05) is 5.75 Å². The molecular formula is C14H20O2S. The summed E-state index contributed by atoms with van der Waals surface area (Å²) in [5.74, 6) is 0.863. The first kappa shape index (κ1) is 12.6. The largest absolute Gasteiger partial charge is 0.224 e. The summed E-state index contributed by atoms with van der Waals surface area (Å²) in [4.78, 5) is 0.532. The van der Waals surface area contributed by atoms with E-state index in [1.807, 2.05) is 18.2 Å². The van der Waals surface area contributed by atoms with E-state index >= 15 is 0 Å². The van der Waals surface area contributed by atoms with Crippen molar-refractivity contribution in [2.45, 2.75) is 38.5 Å². The molecule has 0 unspecified atom stereocenters. The summed E-state index contributed by atoms with van der Waals surface area (Å²) in [6.07, 6.45) is 0. The topological polar surface area (TPSA) is 34.1 Å². The van der Waals surface area contributed by atoms with Crippen molar-refractivity contribution in [3.8, 4) is 0 Å². The summed E-state index contributed by atoms with van der Waals surface area (Å²) < 4.78 is 24.8. The maximum atomic E-state index is 12.4. The quantitative estimate of drug-likeness (QED) is 0.710. The monoisotopic (exact) mass is 252 g/mol. The van der Waals surface area contributed by atoms with Gasteiger partial charge in [0.1, 0.15) is 0 Å². The van der Waals surface area contributed by atoms with Crippen molar-refractivity contribution in [2.24, 2.45) is 11.3 Å². The molecule has 2 nitrogen and oxygen atoms in total. The molecule has 1 aliphatic heterocycles. The van der Waals surface area contributed by atoms with Crippen LogP contribution in [-0.4, -0.2) is 14.2 Å². The van der Waals surface area contributed by atoms with Crippen LogP contribution >= 0.6 is 0 Å². The molecule has 3 heteroatoms. The van der Waals surface area contributed by atoms with Gasteiger partial charge in [0.2, 0.25) is 0 Å². The van der Waals surface area contributed by atoms with E-state index < -0.39 is 9.84 Å². The maximum Gasteiger partial charge on any atom is 0.179 e. The molecule has 0 saturated carbocycles. The first-order valence-electron chi connectivity index (χ1n) is 6.07. The smallest absolute Gasteiger partial charge is 0.179 e. The van der Waals surface area contributed by atoms with E-state index in [4.69, 9.17) is 0 Å². The van der Waals surface area contributed by atoms with Crippen LogP contribution in [0.1, 0.15) is 39.2 Å². The van der Waals surface area contributed by atoms with E-state index in [1.54, 1.807) is 6.07 Å². The highest BCUT2D eigenvalue weighted by Crippen LogP contribution is 2.44. The highest BCUT2D eigenvalue weighted by Gasteiger charge is 2.40. The summed E-state index contributed by atoms with van der Waals surface area (Å²) in [5.41, 5.74) is 0.794. The molecule has 1 aromatic carbocycles. The summed E-state index contributed by atoms with van der Waals surface area (Å²) in [6.45, 7) is 8.39. The van der Waals surface area contributed by atoms with Gasteiger partial charge in [0, 0.05) is 0 Å². The third-order valence-corrected chi connectivity index (χ3v) is 6.46. The van der Waals surface area contributed by atoms with E-state index in [0.717, 1.165) is 5.56 Å². The molecule has 1 aromatic rings. The SMILES string of the molecule is C[C@@H]1c2ccccc2S(=O)(=O)CC(C)(C)[C@H]1C.